The molecule has 3 aromatic rings. The average Bonchev–Trinajstić information content (AvgIpc) is 3.09. The first-order valence-corrected chi connectivity index (χ1v) is 7.27. The Morgan fingerprint density at radius 2 is 1.91 bits per heavy atom. The summed E-state index contributed by atoms with van der Waals surface area (Å²) in [6.45, 7) is 0.721. The van der Waals surface area contributed by atoms with Crippen LogP contribution in [0, 0.1) is 0 Å². The van der Waals surface area contributed by atoms with Gasteiger partial charge in [-0.3, -0.25) is 14.3 Å². The van der Waals surface area contributed by atoms with Crippen LogP contribution < -0.4 is 5.48 Å². The van der Waals surface area contributed by atoms with E-state index in [0.29, 0.717) is 5.56 Å². The van der Waals surface area contributed by atoms with E-state index in [1.54, 1.807) is 12.3 Å². The summed E-state index contributed by atoms with van der Waals surface area (Å²) < 4.78 is 1.87. The Bertz CT molecular complexity index is 780. The predicted octanol–water partition coefficient (Wildman–Crippen LogP) is 2.89. The maximum Gasteiger partial charge on any atom is 0.275 e. The molecule has 1 aromatic heterocycles. The normalized spacial score (nSPS) is 10.5. The number of hydrogen-bond acceptors (Lipinski definition) is 3. The molecule has 1 heterocycles. The average molecular weight is 307 g/mol. The van der Waals surface area contributed by atoms with Crippen molar-refractivity contribution in [3.05, 3.63) is 78.1 Å². The zero-order chi connectivity index (χ0) is 16.1. The minimum Gasteiger partial charge on any atom is -0.277 e. The number of nitrogens with zero attached hydrogens (tertiary/aromatic N) is 2. The van der Waals surface area contributed by atoms with Gasteiger partial charge in [-0.25, -0.2) is 5.48 Å². The van der Waals surface area contributed by atoms with Crippen LogP contribution in [0.1, 0.15) is 15.9 Å². The highest BCUT2D eigenvalue weighted by Gasteiger charge is 2.11. The van der Waals surface area contributed by atoms with Crippen molar-refractivity contribution in [3.8, 4) is 11.1 Å². The number of carbonyl (C=O) groups is 1. The molecule has 0 bridgehead atoms. The van der Waals surface area contributed by atoms with E-state index in [2.05, 4.69) is 10.6 Å². The molecule has 0 fully saturated rings. The van der Waals surface area contributed by atoms with Crippen LogP contribution in [0.2, 0.25) is 0 Å². The zero-order valence-corrected chi connectivity index (χ0v) is 12.8. The standard InChI is InChI=1S/C18H17N3O2/c1-23-20-18(22)17-6-3-2-5-16(17)15-9-7-14(8-10-15)13-21-12-4-11-19-21/h2-12H,13H2,1H3,(H,20,22). The molecule has 23 heavy (non-hydrogen) atoms. The van der Waals surface area contributed by atoms with Crippen LogP contribution in [0.15, 0.2) is 67.0 Å². The van der Waals surface area contributed by atoms with E-state index in [1.807, 2.05) is 59.4 Å². The quantitative estimate of drug-likeness (QED) is 0.737. The molecule has 5 nitrogen and oxygen atoms in total. The van der Waals surface area contributed by atoms with Gasteiger partial charge in [0, 0.05) is 18.0 Å². The van der Waals surface area contributed by atoms with Crippen LogP contribution in [-0.4, -0.2) is 22.8 Å². The third kappa shape index (κ3) is 3.46. The van der Waals surface area contributed by atoms with Crippen LogP contribution in [0.4, 0.5) is 0 Å². The summed E-state index contributed by atoms with van der Waals surface area (Å²) in [5.74, 6) is -0.260. The fourth-order valence-electron chi connectivity index (χ4n) is 2.45. The Morgan fingerprint density at radius 1 is 1.13 bits per heavy atom. The van der Waals surface area contributed by atoms with Crippen molar-refractivity contribution in [1.29, 1.82) is 0 Å². The maximum atomic E-state index is 12.1. The third-order valence-electron chi connectivity index (χ3n) is 3.54. The van der Waals surface area contributed by atoms with Crippen LogP contribution in [-0.2, 0) is 11.4 Å². The summed E-state index contributed by atoms with van der Waals surface area (Å²) in [7, 11) is 1.42. The van der Waals surface area contributed by atoms with Crippen molar-refractivity contribution in [2.45, 2.75) is 6.54 Å². The smallest absolute Gasteiger partial charge is 0.275 e. The van der Waals surface area contributed by atoms with Gasteiger partial charge in [-0.1, -0.05) is 42.5 Å². The second-order valence-electron chi connectivity index (χ2n) is 5.08. The first-order chi connectivity index (χ1) is 11.3. The van der Waals surface area contributed by atoms with Gasteiger partial charge in [-0.2, -0.15) is 5.10 Å². The van der Waals surface area contributed by atoms with Gasteiger partial charge in [0.15, 0.2) is 0 Å². The van der Waals surface area contributed by atoms with E-state index in [-0.39, 0.29) is 5.91 Å². The molecule has 0 spiro atoms. The number of nitrogens with one attached hydrogen (secondary N) is 1. The van der Waals surface area contributed by atoms with Gasteiger partial charge in [0.25, 0.3) is 5.91 Å². The number of hydroxylamine groups is 1. The topological polar surface area (TPSA) is 56.1 Å². The summed E-state index contributed by atoms with van der Waals surface area (Å²) in [6, 6.07) is 17.5. The molecule has 116 valence electrons. The van der Waals surface area contributed by atoms with Crippen LogP contribution in [0.25, 0.3) is 11.1 Å². The summed E-state index contributed by atoms with van der Waals surface area (Å²) in [5.41, 5.74) is 5.94. The first-order valence-electron chi connectivity index (χ1n) is 7.27. The maximum absolute atomic E-state index is 12.1. The number of aromatic nitrogens is 2. The van der Waals surface area contributed by atoms with E-state index in [4.69, 9.17) is 4.84 Å². The van der Waals surface area contributed by atoms with Crippen molar-refractivity contribution >= 4 is 5.91 Å². The highest BCUT2D eigenvalue weighted by atomic mass is 16.6. The SMILES string of the molecule is CONC(=O)c1ccccc1-c1ccc(Cn2cccn2)cc1. The second kappa shape index (κ2) is 6.89. The van der Waals surface area contributed by atoms with Crippen LogP contribution >= 0.6 is 0 Å². The lowest BCUT2D eigenvalue weighted by atomic mass is 9.98. The van der Waals surface area contributed by atoms with Crippen LogP contribution in [0.5, 0.6) is 0 Å². The molecule has 5 heteroatoms. The zero-order valence-electron chi connectivity index (χ0n) is 12.8. The summed E-state index contributed by atoms with van der Waals surface area (Å²) >= 11 is 0. The van der Waals surface area contributed by atoms with Gasteiger partial charge in [0.2, 0.25) is 0 Å². The fraction of sp³-hybridized carbons (Fsp3) is 0.111. The lowest BCUT2D eigenvalue weighted by Gasteiger charge is -2.10. The van der Waals surface area contributed by atoms with E-state index < -0.39 is 0 Å². The van der Waals surface area contributed by atoms with Crippen molar-refractivity contribution in [2.75, 3.05) is 7.11 Å². The van der Waals surface area contributed by atoms with E-state index in [9.17, 15) is 4.79 Å². The first kappa shape index (κ1) is 15.0. The van der Waals surface area contributed by atoms with Gasteiger partial charge in [0.1, 0.15) is 0 Å². The Labute approximate surface area is 134 Å². The molecule has 0 radical (unpaired) electrons. The molecular weight excluding hydrogens is 290 g/mol. The second-order valence-corrected chi connectivity index (χ2v) is 5.08. The Hall–Kier alpha value is -2.92. The van der Waals surface area contributed by atoms with Gasteiger partial charge in [0.05, 0.1) is 13.7 Å². The lowest BCUT2D eigenvalue weighted by molar-refractivity contribution is 0.0538. The van der Waals surface area contributed by atoms with Crippen molar-refractivity contribution in [2.24, 2.45) is 0 Å². The minimum absolute atomic E-state index is 0.260. The predicted molar refractivity (Wildman–Crippen MR) is 87.7 cm³/mol. The summed E-state index contributed by atoms with van der Waals surface area (Å²) in [6.07, 6.45) is 3.69. The number of hydrogen-bond donors (Lipinski definition) is 1. The van der Waals surface area contributed by atoms with Crippen molar-refractivity contribution < 1.29 is 9.63 Å². The lowest BCUT2D eigenvalue weighted by Crippen LogP contribution is -2.22. The van der Waals surface area contributed by atoms with Gasteiger partial charge in [-0.15, -0.1) is 0 Å². The number of rotatable bonds is 5. The Balaban J connectivity index is 1.86. The van der Waals surface area contributed by atoms with Gasteiger partial charge in [-0.05, 0) is 28.8 Å². The van der Waals surface area contributed by atoms with Gasteiger partial charge >= 0.3 is 0 Å². The van der Waals surface area contributed by atoms with E-state index in [1.165, 1.54) is 7.11 Å². The molecular formula is C18H17N3O2. The molecule has 3 rings (SSSR count). The molecule has 0 aliphatic heterocycles. The molecule has 0 aliphatic rings. The third-order valence-corrected chi connectivity index (χ3v) is 3.54. The van der Waals surface area contributed by atoms with E-state index in [0.717, 1.165) is 23.2 Å². The number of amides is 1. The number of carbonyl (C=O) groups excluding carboxylic acids is 1. The molecule has 1 amide bonds. The highest BCUT2D eigenvalue weighted by molar-refractivity contribution is 6.00. The monoisotopic (exact) mass is 307 g/mol. The van der Waals surface area contributed by atoms with Crippen molar-refractivity contribution in [3.63, 3.8) is 0 Å². The Morgan fingerprint density at radius 3 is 2.61 bits per heavy atom. The molecule has 1 N–H and O–H groups in total. The molecule has 0 saturated heterocycles. The summed E-state index contributed by atoms with van der Waals surface area (Å²) in [5, 5.41) is 4.20. The van der Waals surface area contributed by atoms with E-state index >= 15 is 0 Å². The van der Waals surface area contributed by atoms with Crippen molar-refractivity contribution in [1.82, 2.24) is 15.3 Å². The fourth-order valence-corrected chi connectivity index (χ4v) is 2.45. The van der Waals surface area contributed by atoms with Crippen LogP contribution in [0.3, 0.4) is 0 Å². The molecule has 0 atom stereocenters. The van der Waals surface area contributed by atoms with Gasteiger partial charge < -0.3 is 0 Å². The molecule has 0 unspecified atom stereocenters. The molecule has 2 aromatic carbocycles. The summed E-state index contributed by atoms with van der Waals surface area (Å²) in [4.78, 5) is 16.8. The largest absolute Gasteiger partial charge is 0.277 e. The number of benzene rings is 2. The minimum atomic E-state index is -0.260. The Kier molecular flexibility index (Phi) is 4.49. The molecule has 0 saturated carbocycles. The molecule has 0 aliphatic carbocycles. The highest BCUT2D eigenvalue weighted by Crippen LogP contribution is 2.24.